The van der Waals surface area contributed by atoms with E-state index >= 15 is 0 Å². The molecule has 1 aliphatic rings. The highest BCUT2D eigenvalue weighted by molar-refractivity contribution is 5.79. The Balaban J connectivity index is 1.84. The maximum Gasteiger partial charge on any atom is 0.0709 e. The molecule has 1 saturated carbocycles. The van der Waals surface area contributed by atoms with Crippen LogP contribution in [-0.4, -0.2) is 17.6 Å². The fraction of sp³-hybridized carbons (Fsp3) is 0.389. The van der Waals surface area contributed by atoms with E-state index in [1.807, 2.05) is 6.07 Å². The second kappa shape index (κ2) is 5.76. The molecule has 0 unspecified atom stereocenters. The molecule has 2 heteroatoms. The van der Waals surface area contributed by atoms with E-state index in [4.69, 9.17) is 4.98 Å². The van der Waals surface area contributed by atoms with Gasteiger partial charge < -0.3 is 5.32 Å². The average molecular weight is 266 g/mol. The summed E-state index contributed by atoms with van der Waals surface area (Å²) in [4.78, 5) is 4.74. The van der Waals surface area contributed by atoms with Gasteiger partial charge in [0.1, 0.15) is 0 Å². The Morgan fingerprint density at radius 3 is 2.80 bits per heavy atom. The Labute approximate surface area is 120 Å². The van der Waals surface area contributed by atoms with Gasteiger partial charge in [-0.3, -0.25) is 0 Å². The maximum absolute atomic E-state index is 4.74. The molecule has 104 valence electrons. The largest absolute Gasteiger partial charge is 0.310 e. The topological polar surface area (TPSA) is 24.9 Å². The molecule has 0 aliphatic heterocycles. The number of fused-ring (bicyclic) bond motifs is 1. The van der Waals surface area contributed by atoms with Gasteiger partial charge in [0.2, 0.25) is 0 Å². The van der Waals surface area contributed by atoms with Crippen LogP contribution in [0.5, 0.6) is 0 Å². The summed E-state index contributed by atoms with van der Waals surface area (Å²) in [5.74, 6) is 0.550. The second-order valence-corrected chi connectivity index (χ2v) is 5.96. The van der Waals surface area contributed by atoms with Crippen LogP contribution in [0.15, 0.2) is 42.0 Å². The molecule has 3 rings (SSSR count). The zero-order chi connectivity index (χ0) is 13.9. The molecule has 2 nitrogen and oxygen atoms in total. The van der Waals surface area contributed by atoms with Crippen LogP contribution in [0.25, 0.3) is 17.0 Å². The van der Waals surface area contributed by atoms with E-state index in [0.29, 0.717) is 5.92 Å². The molecule has 0 bridgehead atoms. The van der Waals surface area contributed by atoms with Gasteiger partial charge >= 0.3 is 0 Å². The van der Waals surface area contributed by atoms with Crippen molar-refractivity contribution in [2.75, 3.05) is 6.54 Å². The molecule has 0 spiro atoms. The summed E-state index contributed by atoms with van der Waals surface area (Å²) >= 11 is 0. The van der Waals surface area contributed by atoms with Gasteiger partial charge in [0.25, 0.3) is 0 Å². The molecule has 1 fully saturated rings. The van der Waals surface area contributed by atoms with Gasteiger partial charge in [-0.2, -0.15) is 0 Å². The third-order valence-electron chi connectivity index (χ3n) is 3.87. The predicted octanol–water partition coefficient (Wildman–Crippen LogP) is 4.03. The lowest BCUT2D eigenvalue weighted by Gasteiger charge is -2.12. The van der Waals surface area contributed by atoms with Crippen LogP contribution in [0.3, 0.4) is 0 Å². The summed E-state index contributed by atoms with van der Waals surface area (Å²) in [7, 11) is 0. The van der Waals surface area contributed by atoms with Crippen molar-refractivity contribution in [3.05, 3.63) is 47.7 Å². The molecule has 0 saturated heterocycles. The first-order valence-electron chi connectivity index (χ1n) is 7.52. The maximum atomic E-state index is 4.74. The first-order chi connectivity index (χ1) is 9.72. The quantitative estimate of drug-likeness (QED) is 0.884. The number of aromatic nitrogens is 1. The van der Waals surface area contributed by atoms with E-state index in [0.717, 1.165) is 23.8 Å². The summed E-state index contributed by atoms with van der Waals surface area (Å²) in [5, 5.41) is 4.80. The van der Waals surface area contributed by atoms with Crippen LogP contribution in [0.4, 0.5) is 0 Å². The van der Waals surface area contributed by atoms with E-state index < -0.39 is 0 Å². The van der Waals surface area contributed by atoms with E-state index in [2.05, 4.69) is 55.6 Å². The first kappa shape index (κ1) is 13.3. The van der Waals surface area contributed by atoms with Gasteiger partial charge in [0.15, 0.2) is 0 Å². The summed E-state index contributed by atoms with van der Waals surface area (Å²) in [5.41, 5.74) is 3.56. The number of nitrogens with zero attached hydrogens (tertiary/aromatic N) is 1. The number of para-hydroxylation sites is 1. The highest BCUT2D eigenvalue weighted by Gasteiger charge is 2.20. The molecular weight excluding hydrogens is 244 g/mol. The Morgan fingerprint density at radius 2 is 2.05 bits per heavy atom. The minimum Gasteiger partial charge on any atom is -0.310 e. The summed E-state index contributed by atoms with van der Waals surface area (Å²) < 4.78 is 0. The number of nitrogens with one attached hydrogen (secondary N) is 1. The lowest BCUT2D eigenvalue weighted by Crippen LogP contribution is -2.21. The smallest absolute Gasteiger partial charge is 0.0709 e. The van der Waals surface area contributed by atoms with Crippen LogP contribution >= 0.6 is 0 Å². The van der Waals surface area contributed by atoms with Crippen molar-refractivity contribution in [2.24, 2.45) is 5.92 Å². The Kier molecular flexibility index (Phi) is 3.83. The first-order valence-corrected chi connectivity index (χ1v) is 7.52. The van der Waals surface area contributed by atoms with Gasteiger partial charge in [-0.1, -0.05) is 43.7 Å². The summed E-state index contributed by atoms with van der Waals surface area (Å²) in [6, 6.07) is 13.3. The van der Waals surface area contributed by atoms with Gasteiger partial charge in [-0.15, -0.1) is 0 Å². The Bertz CT molecular complexity index is 624. The molecule has 1 N–H and O–H groups in total. The molecule has 0 amide bonds. The van der Waals surface area contributed by atoms with E-state index in [1.54, 1.807) is 0 Å². The van der Waals surface area contributed by atoms with Gasteiger partial charge in [-0.05, 0) is 37.0 Å². The summed E-state index contributed by atoms with van der Waals surface area (Å²) in [6.45, 7) is 5.49. The Morgan fingerprint density at radius 1 is 1.25 bits per heavy atom. The molecule has 0 radical (unpaired) electrons. The molecule has 20 heavy (non-hydrogen) atoms. The van der Waals surface area contributed by atoms with Crippen molar-refractivity contribution in [2.45, 2.75) is 32.7 Å². The van der Waals surface area contributed by atoms with Crippen LogP contribution in [0.2, 0.25) is 0 Å². The summed E-state index contributed by atoms with van der Waals surface area (Å²) in [6.07, 6.45) is 4.91. The lowest BCUT2D eigenvalue weighted by molar-refractivity contribution is 0.662. The fourth-order valence-corrected chi connectivity index (χ4v) is 2.32. The second-order valence-electron chi connectivity index (χ2n) is 5.96. The van der Waals surface area contributed by atoms with Gasteiger partial charge in [-0.25, -0.2) is 4.98 Å². The van der Waals surface area contributed by atoms with Crippen molar-refractivity contribution < 1.29 is 0 Å². The number of benzene rings is 1. The third-order valence-corrected chi connectivity index (χ3v) is 3.87. The van der Waals surface area contributed by atoms with Crippen molar-refractivity contribution >= 4 is 17.0 Å². The van der Waals surface area contributed by atoms with E-state index in [1.165, 1.54) is 23.8 Å². The SMILES string of the molecule is CC(C)C(=Cc1ccc2ccccc2n1)CNC1CC1. The molecule has 1 aliphatic carbocycles. The van der Waals surface area contributed by atoms with Crippen LogP contribution < -0.4 is 5.32 Å². The third kappa shape index (κ3) is 3.26. The van der Waals surface area contributed by atoms with Crippen LogP contribution in [-0.2, 0) is 0 Å². The van der Waals surface area contributed by atoms with Crippen molar-refractivity contribution in [1.29, 1.82) is 0 Å². The molecule has 1 heterocycles. The van der Waals surface area contributed by atoms with Crippen LogP contribution in [0.1, 0.15) is 32.4 Å². The minimum absolute atomic E-state index is 0.550. The normalized spacial score (nSPS) is 16.1. The van der Waals surface area contributed by atoms with Crippen LogP contribution in [0, 0.1) is 5.92 Å². The zero-order valence-corrected chi connectivity index (χ0v) is 12.3. The molecule has 1 aromatic carbocycles. The zero-order valence-electron chi connectivity index (χ0n) is 12.3. The standard InChI is InChI=1S/C18H22N2/c1-13(2)15(12-19-16-9-10-16)11-17-8-7-14-5-3-4-6-18(14)20-17/h3-8,11,13,16,19H,9-10,12H2,1-2H3. The Hall–Kier alpha value is -1.67. The fourth-order valence-electron chi connectivity index (χ4n) is 2.32. The van der Waals surface area contributed by atoms with E-state index in [9.17, 15) is 0 Å². The molecule has 0 atom stereocenters. The number of pyridine rings is 1. The average Bonchev–Trinajstić information content (AvgIpc) is 3.27. The number of hydrogen-bond donors (Lipinski definition) is 1. The van der Waals surface area contributed by atoms with E-state index in [-0.39, 0.29) is 0 Å². The van der Waals surface area contributed by atoms with Gasteiger partial charge in [0.05, 0.1) is 11.2 Å². The molecule has 1 aromatic heterocycles. The highest BCUT2D eigenvalue weighted by atomic mass is 14.9. The predicted molar refractivity (Wildman–Crippen MR) is 85.6 cm³/mol. The minimum atomic E-state index is 0.550. The van der Waals surface area contributed by atoms with Crippen molar-refractivity contribution in [3.63, 3.8) is 0 Å². The number of hydrogen-bond acceptors (Lipinski definition) is 2. The number of rotatable bonds is 5. The van der Waals surface area contributed by atoms with Gasteiger partial charge in [0, 0.05) is 18.0 Å². The highest BCUT2D eigenvalue weighted by Crippen LogP contribution is 2.21. The van der Waals surface area contributed by atoms with Crippen molar-refractivity contribution in [3.8, 4) is 0 Å². The van der Waals surface area contributed by atoms with Crippen molar-refractivity contribution in [1.82, 2.24) is 10.3 Å². The lowest BCUT2D eigenvalue weighted by atomic mass is 10.0. The monoisotopic (exact) mass is 266 g/mol. The molecule has 2 aromatic rings. The molecular formula is C18H22N2.